The molecule has 2 aliphatic heterocycles. The summed E-state index contributed by atoms with van der Waals surface area (Å²) in [5.41, 5.74) is 4.00. The van der Waals surface area contributed by atoms with Crippen LogP contribution in [0.25, 0.3) is 5.70 Å². The van der Waals surface area contributed by atoms with E-state index in [0.717, 1.165) is 29.7 Å². The number of carbonyl (C=O) groups is 1. The van der Waals surface area contributed by atoms with Gasteiger partial charge in [-0.2, -0.15) is 5.01 Å². The van der Waals surface area contributed by atoms with E-state index in [1.54, 1.807) is 0 Å². The van der Waals surface area contributed by atoms with E-state index in [2.05, 4.69) is 61.9 Å². The van der Waals surface area contributed by atoms with Gasteiger partial charge in [0, 0.05) is 23.1 Å². The standard InChI is InChI=1S/C25H26N2O/c1-4-5-15-22-20-13-9-10-14-21(20)23(17-16-19-11-7-6-8-12-19)27-25(2,3)18-24(28)26(22)27/h6-15,23H,4-5,18H2,1-3H3/b22-15-. The monoisotopic (exact) mass is 370 g/mol. The van der Waals surface area contributed by atoms with E-state index in [-0.39, 0.29) is 17.5 Å². The van der Waals surface area contributed by atoms with E-state index < -0.39 is 0 Å². The van der Waals surface area contributed by atoms with Crippen molar-refractivity contribution in [3.05, 3.63) is 77.4 Å². The summed E-state index contributed by atoms with van der Waals surface area (Å²) in [6.07, 6.45) is 4.69. The van der Waals surface area contributed by atoms with E-state index in [1.165, 1.54) is 5.56 Å². The quantitative estimate of drug-likeness (QED) is 0.682. The van der Waals surface area contributed by atoms with E-state index >= 15 is 0 Å². The Bertz CT molecular complexity index is 978. The van der Waals surface area contributed by atoms with Crippen molar-refractivity contribution in [1.82, 2.24) is 10.0 Å². The van der Waals surface area contributed by atoms with Crippen LogP contribution in [0.5, 0.6) is 0 Å². The lowest BCUT2D eigenvalue weighted by Crippen LogP contribution is -2.50. The SMILES string of the molecule is CCC/C=C1/c2ccccc2C(C#Cc2ccccc2)N2N1C(=O)CC2(C)C. The lowest BCUT2D eigenvalue weighted by atomic mass is 9.92. The van der Waals surface area contributed by atoms with Crippen molar-refractivity contribution < 1.29 is 4.79 Å². The van der Waals surface area contributed by atoms with Crippen LogP contribution in [-0.2, 0) is 4.79 Å². The molecule has 1 atom stereocenters. The molecule has 0 spiro atoms. The van der Waals surface area contributed by atoms with Gasteiger partial charge in [-0.15, -0.1) is 0 Å². The Morgan fingerprint density at radius 1 is 1.11 bits per heavy atom. The number of hydrazine groups is 1. The number of rotatable bonds is 2. The third kappa shape index (κ3) is 3.15. The molecule has 2 aromatic rings. The molecule has 1 unspecified atom stereocenters. The van der Waals surface area contributed by atoms with E-state index in [1.807, 2.05) is 41.4 Å². The minimum Gasteiger partial charge on any atom is -0.273 e. The van der Waals surface area contributed by atoms with Gasteiger partial charge in [0.05, 0.1) is 5.70 Å². The zero-order valence-corrected chi connectivity index (χ0v) is 16.8. The molecule has 142 valence electrons. The van der Waals surface area contributed by atoms with Crippen molar-refractivity contribution in [3.63, 3.8) is 0 Å². The molecule has 0 aromatic heterocycles. The molecule has 2 aliphatic rings. The Balaban J connectivity index is 1.89. The smallest absolute Gasteiger partial charge is 0.243 e. The number of nitrogens with zero attached hydrogens (tertiary/aromatic N) is 2. The molecule has 0 radical (unpaired) electrons. The van der Waals surface area contributed by atoms with Crippen LogP contribution in [0, 0.1) is 11.8 Å². The van der Waals surface area contributed by atoms with Gasteiger partial charge < -0.3 is 0 Å². The summed E-state index contributed by atoms with van der Waals surface area (Å²) < 4.78 is 0. The molecule has 2 heterocycles. The summed E-state index contributed by atoms with van der Waals surface area (Å²) in [4.78, 5) is 13.0. The lowest BCUT2D eigenvalue weighted by Gasteiger charge is -2.45. The molecule has 4 rings (SSSR count). The van der Waals surface area contributed by atoms with Gasteiger partial charge in [0.2, 0.25) is 5.91 Å². The highest BCUT2D eigenvalue weighted by atomic mass is 16.2. The Labute approximate surface area is 167 Å². The maximum atomic E-state index is 13.0. The summed E-state index contributed by atoms with van der Waals surface area (Å²) >= 11 is 0. The highest BCUT2D eigenvalue weighted by molar-refractivity contribution is 5.91. The van der Waals surface area contributed by atoms with Crippen LogP contribution in [0.4, 0.5) is 0 Å². The highest BCUT2D eigenvalue weighted by Crippen LogP contribution is 2.47. The first-order chi connectivity index (χ1) is 13.5. The molecule has 3 nitrogen and oxygen atoms in total. The van der Waals surface area contributed by atoms with Gasteiger partial charge in [-0.3, -0.25) is 4.79 Å². The minimum atomic E-state index is -0.286. The molecule has 0 bridgehead atoms. The summed E-state index contributed by atoms with van der Waals surface area (Å²) in [5, 5.41) is 4.08. The second-order valence-electron chi connectivity index (χ2n) is 8.04. The molecule has 1 saturated heterocycles. The van der Waals surface area contributed by atoms with Gasteiger partial charge in [-0.05, 0) is 38.0 Å². The molecule has 0 N–H and O–H groups in total. The van der Waals surface area contributed by atoms with Gasteiger partial charge in [0.1, 0.15) is 6.04 Å². The van der Waals surface area contributed by atoms with Gasteiger partial charge in [-0.25, -0.2) is 5.01 Å². The van der Waals surface area contributed by atoms with Crippen molar-refractivity contribution >= 4 is 11.6 Å². The van der Waals surface area contributed by atoms with Crippen molar-refractivity contribution in [2.75, 3.05) is 0 Å². The molecule has 1 fully saturated rings. The minimum absolute atomic E-state index is 0.147. The van der Waals surface area contributed by atoms with E-state index in [9.17, 15) is 4.79 Å². The Morgan fingerprint density at radius 2 is 1.82 bits per heavy atom. The summed E-state index contributed by atoms with van der Waals surface area (Å²) in [6, 6.07) is 18.3. The molecular weight excluding hydrogens is 344 g/mol. The van der Waals surface area contributed by atoms with E-state index in [0.29, 0.717) is 6.42 Å². The number of hydrogen-bond donors (Lipinski definition) is 0. The highest BCUT2D eigenvalue weighted by Gasteiger charge is 2.51. The Morgan fingerprint density at radius 3 is 2.57 bits per heavy atom. The summed E-state index contributed by atoms with van der Waals surface area (Å²) in [5.74, 6) is 6.95. The van der Waals surface area contributed by atoms with Gasteiger partial charge >= 0.3 is 0 Å². The fourth-order valence-electron chi connectivity index (χ4n) is 4.14. The Kier molecular flexibility index (Phi) is 4.83. The zero-order chi connectivity index (χ0) is 19.7. The van der Waals surface area contributed by atoms with Crippen molar-refractivity contribution in [2.45, 2.75) is 51.6 Å². The van der Waals surface area contributed by atoms with E-state index in [4.69, 9.17) is 0 Å². The normalized spacial score (nSPS) is 21.8. The molecule has 1 amide bonds. The fourth-order valence-corrected chi connectivity index (χ4v) is 4.14. The molecule has 28 heavy (non-hydrogen) atoms. The molecule has 3 heteroatoms. The van der Waals surface area contributed by atoms with Crippen LogP contribution in [-0.4, -0.2) is 21.5 Å². The second-order valence-corrected chi connectivity index (χ2v) is 8.04. The van der Waals surface area contributed by atoms with Gasteiger partial charge in [0.25, 0.3) is 0 Å². The number of unbranched alkanes of at least 4 members (excludes halogenated alkanes) is 1. The maximum absolute atomic E-state index is 13.0. The number of benzene rings is 2. The number of carbonyl (C=O) groups excluding carboxylic acids is 1. The topological polar surface area (TPSA) is 23.6 Å². The lowest BCUT2D eigenvalue weighted by molar-refractivity contribution is -0.135. The zero-order valence-electron chi connectivity index (χ0n) is 16.8. The van der Waals surface area contributed by atoms with Crippen LogP contribution in [0.3, 0.4) is 0 Å². The molecule has 0 aliphatic carbocycles. The second kappa shape index (κ2) is 7.30. The average molecular weight is 370 g/mol. The Hall–Kier alpha value is -2.83. The summed E-state index contributed by atoms with van der Waals surface area (Å²) in [7, 11) is 0. The van der Waals surface area contributed by atoms with Crippen LogP contribution in [0.15, 0.2) is 60.7 Å². The van der Waals surface area contributed by atoms with Crippen LogP contribution >= 0.6 is 0 Å². The van der Waals surface area contributed by atoms with Crippen molar-refractivity contribution in [1.29, 1.82) is 0 Å². The number of hydrogen-bond acceptors (Lipinski definition) is 2. The van der Waals surface area contributed by atoms with Crippen LogP contribution < -0.4 is 0 Å². The van der Waals surface area contributed by atoms with Crippen molar-refractivity contribution in [3.8, 4) is 11.8 Å². The average Bonchev–Trinajstić information content (AvgIpc) is 2.94. The molecular formula is C25H26N2O. The first-order valence-corrected chi connectivity index (χ1v) is 10.0. The molecule has 0 saturated carbocycles. The van der Waals surface area contributed by atoms with Crippen LogP contribution in [0.1, 0.15) is 62.8 Å². The third-order valence-electron chi connectivity index (χ3n) is 5.41. The fraction of sp³-hybridized carbons (Fsp3) is 0.320. The number of fused-ring (bicyclic) bond motifs is 2. The first-order valence-electron chi connectivity index (χ1n) is 10.0. The predicted molar refractivity (Wildman–Crippen MR) is 113 cm³/mol. The summed E-state index contributed by atoms with van der Waals surface area (Å²) in [6.45, 7) is 6.42. The van der Waals surface area contributed by atoms with Crippen LogP contribution in [0.2, 0.25) is 0 Å². The number of amides is 1. The van der Waals surface area contributed by atoms with Gasteiger partial charge in [0.15, 0.2) is 0 Å². The maximum Gasteiger partial charge on any atom is 0.243 e. The number of allylic oxidation sites excluding steroid dienone is 1. The third-order valence-corrected chi connectivity index (χ3v) is 5.41. The largest absolute Gasteiger partial charge is 0.273 e. The molecule has 2 aromatic carbocycles. The predicted octanol–water partition coefficient (Wildman–Crippen LogP) is 5.16. The first kappa shape index (κ1) is 18.5. The van der Waals surface area contributed by atoms with Crippen molar-refractivity contribution in [2.24, 2.45) is 0 Å². The van der Waals surface area contributed by atoms with Gasteiger partial charge in [-0.1, -0.05) is 73.7 Å².